The zero-order valence-corrected chi connectivity index (χ0v) is 15.9. The van der Waals surface area contributed by atoms with Gasteiger partial charge in [0.1, 0.15) is 5.75 Å². The Hall–Kier alpha value is -3.41. The topological polar surface area (TPSA) is 76.1 Å². The third kappa shape index (κ3) is 5.54. The van der Waals surface area contributed by atoms with Crippen molar-refractivity contribution in [2.45, 2.75) is 12.8 Å². The van der Waals surface area contributed by atoms with Crippen LogP contribution in [0.4, 0.5) is 5.95 Å². The van der Waals surface area contributed by atoms with Gasteiger partial charge in [-0.25, -0.2) is 9.97 Å². The molecule has 1 amide bonds. The van der Waals surface area contributed by atoms with E-state index in [0.29, 0.717) is 24.5 Å². The Kier molecular flexibility index (Phi) is 6.95. The minimum atomic E-state index is -0.189. The summed E-state index contributed by atoms with van der Waals surface area (Å²) in [5, 5.41) is 6.06. The van der Waals surface area contributed by atoms with Crippen LogP contribution < -0.4 is 15.4 Å². The van der Waals surface area contributed by atoms with Crippen LogP contribution in [-0.2, 0) is 12.8 Å². The van der Waals surface area contributed by atoms with Gasteiger partial charge in [-0.3, -0.25) is 4.79 Å². The first-order chi connectivity index (χ1) is 13.8. The second-order valence-electron chi connectivity index (χ2n) is 6.28. The lowest BCUT2D eigenvalue weighted by molar-refractivity contribution is 0.0953. The van der Waals surface area contributed by atoms with Crippen LogP contribution in [0.3, 0.4) is 0 Å². The van der Waals surface area contributed by atoms with E-state index in [2.05, 4.69) is 32.7 Å². The van der Waals surface area contributed by atoms with Gasteiger partial charge in [-0.05, 0) is 30.0 Å². The van der Waals surface area contributed by atoms with E-state index in [0.717, 1.165) is 24.3 Å². The predicted octanol–water partition coefficient (Wildman–Crippen LogP) is 3.11. The standard InChI is InChI=1S/C22H24N4O2/c1-28-20-10-6-5-9-18(20)12-14-23-21(27)19-15-25-22(26-16-19)24-13-11-17-7-3-2-4-8-17/h2-10,15-16H,11-14H2,1H3,(H,23,27)(H,24,25,26). The zero-order valence-electron chi connectivity index (χ0n) is 15.9. The molecule has 0 spiro atoms. The van der Waals surface area contributed by atoms with Crippen molar-refractivity contribution < 1.29 is 9.53 Å². The number of amides is 1. The molecule has 28 heavy (non-hydrogen) atoms. The van der Waals surface area contributed by atoms with Crippen molar-refractivity contribution in [3.63, 3.8) is 0 Å². The molecule has 6 heteroatoms. The molecule has 1 aromatic heterocycles. The summed E-state index contributed by atoms with van der Waals surface area (Å²) < 4.78 is 5.32. The molecule has 2 aromatic carbocycles. The fourth-order valence-corrected chi connectivity index (χ4v) is 2.82. The van der Waals surface area contributed by atoms with Crippen LogP contribution in [0.15, 0.2) is 67.0 Å². The molecule has 0 aliphatic rings. The average molecular weight is 376 g/mol. The van der Waals surface area contributed by atoms with Crippen molar-refractivity contribution in [2.75, 3.05) is 25.5 Å². The molecule has 6 nitrogen and oxygen atoms in total. The van der Waals surface area contributed by atoms with E-state index < -0.39 is 0 Å². The van der Waals surface area contributed by atoms with Gasteiger partial charge in [-0.2, -0.15) is 0 Å². The van der Waals surface area contributed by atoms with Crippen molar-refractivity contribution >= 4 is 11.9 Å². The summed E-state index contributed by atoms with van der Waals surface area (Å²) in [4.78, 5) is 20.7. The van der Waals surface area contributed by atoms with Crippen molar-refractivity contribution in [2.24, 2.45) is 0 Å². The van der Waals surface area contributed by atoms with E-state index in [-0.39, 0.29) is 5.91 Å². The Bertz CT molecular complexity index is 883. The number of aromatic nitrogens is 2. The number of hydrogen-bond acceptors (Lipinski definition) is 5. The van der Waals surface area contributed by atoms with Crippen molar-refractivity contribution in [1.29, 1.82) is 0 Å². The minimum absolute atomic E-state index is 0.189. The monoisotopic (exact) mass is 376 g/mol. The number of nitrogens with zero attached hydrogens (tertiary/aromatic N) is 2. The molecule has 0 bridgehead atoms. The molecule has 0 atom stereocenters. The number of methoxy groups -OCH3 is 1. The fraction of sp³-hybridized carbons (Fsp3) is 0.227. The van der Waals surface area contributed by atoms with Gasteiger partial charge in [0, 0.05) is 25.5 Å². The maximum Gasteiger partial charge on any atom is 0.254 e. The predicted molar refractivity (Wildman–Crippen MR) is 110 cm³/mol. The van der Waals surface area contributed by atoms with Gasteiger partial charge in [-0.1, -0.05) is 48.5 Å². The summed E-state index contributed by atoms with van der Waals surface area (Å²) in [6, 6.07) is 18.0. The van der Waals surface area contributed by atoms with E-state index in [1.54, 1.807) is 7.11 Å². The highest BCUT2D eigenvalue weighted by Gasteiger charge is 2.08. The molecule has 0 radical (unpaired) electrons. The number of rotatable bonds is 9. The van der Waals surface area contributed by atoms with Crippen LogP contribution in [0, 0.1) is 0 Å². The third-order valence-electron chi connectivity index (χ3n) is 4.33. The molecule has 2 N–H and O–H groups in total. The molecular weight excluding hydrogens is 352 g/mol. The molecule has 3 rings (SSSR count). The number of para-hydroxylation sites is 1. The Morgan fingerprint density at radius 3 is 2.39 bits per heavy atom. The van der Waals surface area contributed by atoms with Gasteiger partial charge >= 0.3 is 0 Å². The number of carbonyl (C=O) groups is 1. The van der Waals surface area contributed by atoms with Crippen LogP contribution in [0.1, 0.15) is 21.5 Å². The van der Waals surface area contributed by atoms with Gasteiger partial charge in [0.05, 0.1) is 12.7 Å². The third-order valence-corrected chi connectivity index (χ3v) is 4.33. The summed E-state index contributed by atoms with van der Waals surface area (Å²) in [7, 11) is 1.64. The van der Waals surface area contributed by atoms with E-state index in [1.165, 1.54) is 18.0 Å². The minimum Gasteiger partial charge on any atom is -0.496 e. The Balaban J connectivity index is 1.44. The zero-order chi connectivity index (χ0) is 19.6. The van der Waals surface area contributed by atoms with Gasteiger partial charge in [0.15, 0.2) is 0 Å². The van der Waals surface area contributed by atoms with Crippen LogP contribution >= 0.6 is 0 Å². The molecule has 0 saturated heterocycles. The van der Waals surface area contributed by atoms with Crippen LogP contribution in [0.25, 0.3) is 0 Å². The van der Waals surface area contributed by atoms with Gasteiger partial charge in [0.25, 0.3) is 5.91 Å². The normalized spacial score (nSPS) is 10.3. The number of anilines is 1. The molecule has 3 aromatic rings. The van der Waals surface area contributed by atoms with Crippen LogP contribution in [-0.4, -0.2) is 36.1 Å². The maximum atomic E-state index is 12.3. The summed E-state index contributed by atoms with van der Waals surface area (Å²) in [6.45, 7) is 1.24. The molecule has 0 aliphatic carbocycles. The second-order valence-corrected chi connectivity index (χ2v) is 6.28. The smallest absolute Gasteiger partial charge is 0.254 e. The van der Waals surface area contributed by atoms with E-state index in [9.17, 15) is 4.79 Å². The maximum absolute atomic E-state index is 12.3. The number of ether oxygens (including phenoxy) is 1. The summed E-state index contributed by atoms with van der Waals surface area (Å²) in [5.74, 6) is 1.15. The summed E-state index contributed by atoms with van der Waals surface area (Å²) in [6.07, 6.45) is 4.65. The first-order valence-corrected chi connectivity index (χ1v) is 9.26. The molecule has 0 unspecified atom stereocenters. The SMILES string of the molecule is COc1ccccc1CCNC(=O)c1cnc(NCCc2ccccc2)nc1. The van der Waals surface area contributed by atoms with Crippen molar-refractivity contribution in [3.05, 3.63) is 83.7 Å². The fourth-order valence-electron chi connectivity index (χ4n) is 2.82. The Labute approximate surface area is 165 Å². The molecule has 1 heterocycles. The average Bonchev–Trinajstić information content (AvgIpc) is 2.75. The first kappa shape index (κ1) is 19.4. The van der Waals surface area contributed by atoms with E-state index in [4.69, 9.17) is 4.74 Å². The quantitative estimate of drug-likeness (QED) is 0.600. The highest BCUT2D eigenvalue weighted by Crippen LogP contribution is 2.17. The Morgan fingerprint density at radius 1 is 0.929 bits per heavy atom. The lowest BCUT2D eigenvalue weighted by Crippen LogP contribution is -2.26. The van der Waals surface area contributed by atoms with Crippen molar-refractivity contribution in [1.82, 2.24) is 15.3 Å². The summed E-state index contributed by atoms with van der Waals surface area (Å²) in [5.41, 5.74) is 2.74. The Morgan fingerprint density at radius 2 is 1.64 bits per heavy atom. The first-order valence-electron chi connectivity index (χ1n) is 9.26. The van der Waals surface area contributed by atoms with E-state index >= 15 is 0 Å². The molecule has 0 aliphatic heterocycles. The lowest BCUT2D eigenvalue weighted by atomic mass is 10.1. The van der Waals surface area contributed by atoms with Gasteiger partial charge < -0.3 is 15.4 Å². The number of nitrogens with one attached hydrogen (secondary N) is 2. The van der Waals surface area contributed by atoms with Crippen molar-refractivity contribution in [3.8, 4) is 5.75 Å². The summed E-state index contributed by atoms with van der Waals surface area (Å²) >= 11 is 0. The van der Waals surface area contributed by atoms with Gasteiger partial charge in [0.2, 0.25) is 5.95 Å². The van der Waals surface area contributed by atoms with Crippen LogP contribution in [0.5, 0.6) is 5.75 Å². The van der Waals surface area contributed by atoms with E-state index in [1.807, 2.05) is 42.5 Å². The number of benzene rings is 2. The lowest BCUT2D eigenvalue weighted by Gasteiger charge is -2.09. The number of hydrogen-bond donors (Lipinski definition) is 2. The highest BCUT2D eigenvalue weighted by molar-refractivity contribution is 5.93. The molecular formula is C22H24N4O2. The van der Waals surface area contributed by atoms with Crippen LogP contribution in [0.2, 0.25) is 0 Å². The van der Waals surface area contributed by atoms with Gasteiger partial charge in [-0.15, -0.1) is 0 Å². The number of carbonyl (C=O) groups excluding carboxylic acids is 1. The molecule has 144 valence electrons. The largest absolute Gasteiger partial charge is 0.496 e. The molecule has 0 saturated carbocycles. The highest BCUT2D eigenvalue weighted by atomic mass is 16.5. The second kappa shape index (κ2) is 10.1. The molecule has 0 fully saturated rings.